The highest BCUT2D eigenvalue weighted by Gasteiger charge is 2.12. The zero-order valence-electron chi connectivity index (χ0n) is 10.2. The number of carbonyl (C=O) groups is 1. The van der Waals surface area contributed by atoms with Crippen LogP contribution in [-0.2, 0) is 9.53 Å². The van der Waals surface area contributed by atoms with Gasteiger partial charge in [0.1, 0.15) is 24.3 Å². The Hall–Kier alpha value is -0.850. The third kappa shape index (κ3) is 6.18. The molecule has 0 amide bonds. The first-order chi connectivity index (χ1) is 8.61. The predicted octanol–water partition coefficient (Wildman–Crippen LogP) is 3.35. The fourth-order valence-electron chi connectivity index (χ4n) is 1.44. The lowest BCUT2D eigenvalue weighted by atomic mass is 10.2. The van der Waals surface area contributed by atoms with Gasteiger partial charge in [0.2, 0.25) is 0 Å². The quantitative estimate of drug-likeness (QED) is 0.422. The molecule has 0 aliphatic rings. The minimum Gasteiger partial charge on any atom is -0.490 e. The van der Waals surface area contributed by atoms with Crippen LogP contribution in [0.5, 0.6) is 5.75 Å². The first-order valence-electron chi connectivity index (χ1n) is 5.73. The second-order valence-electron chi connectivity index (χ2n) is 3.83. The van der Waals surface area contributed by atoms with Crippen molar-refractivity contribution < 1.29 is 18.7 Å². The molecule has 0 aliphatic heterocycles. The maximum atomic E-state index is 12.7. The molecule has 1 aromatic rings. The van der Waals surface area contributed by atoms with Crippen molar-refractivity contribution in [3.8, 4) is 5.75 Å². The van der Waals surface area contributed by atoms with Gasteiger partial charge in [0.05, 0.1) is 0 Å². The van der Waals surface area contributed by atoms with Gasteiger partial charge in [-0.1, -0.05) is 22.6 Å². The van der Waals surface area contributed by atoms with Crippen LogP contribution in [0.2, 0.25) is 0 Å². The lowest BCUT2D eigenvalue weighted by Crippen LogP contribution is -2.24. The molecule has 1 rings (SSSR count). The Morgan fingerprint density at radius 3 is 2.61 bits per heavy atom. The Kier molecular flexibility index (Phi) is 7.00. The van der Waals surface area contributed by atoms with Gasteiger partial charge >= 0.3 is 5.97 Å². The largest absolute Gasteiger partial charge is 0.490 e. The summed E-state index contributed by atoms with van der Waals surface area (Å²) in [6.07, 6.45) is 1.48. The molecule has 0 bridgehead atoms. The van der Waals surface area contributed by atoms with Crippen molar-refractivity contribution >= 4 is 28.6 Å². The normalized spacial score (nSPS) is 11.9. The Bertz CT molecular complexity index is 367. The predicted molar refractivity (Wildman–Crippen MR) is 75.6 cm³/mol. The molecule has 0 spiro atoms. The Labute approximate surface area is 120 Å². The molecular formula is C13H16FIO3. The van der Waals surface area contributed by atoms with E-state index < -0.39 is 0 Å². The van der Waals surface area contributed by atoms with Crippen molar-refractivity contribution in [1.82, 2.24) is 0 Å². The first kappa shape index (κ1) is 15.2. The lowest BCUT2D eigenvalue weighted by molar-refractivity contribution is -0.148. The standard InChI is InChI=1S/C13H16FIO3/c1-10(16)18-13(3-2-8-15)9-17-12-6-4-11(14)5-7-12/h4-7,13H,2-3,8-9H2,1H3. The van der Waals surface area contributed by atoms with Crippen LogP contribution in [0, 0.1) is 5.82 Å². The topological polar surface area (TPSA) is 35.5 Å². The van der Waals surface area contributed by atoms with E-state index in [4.69, 9.17) is 9.47 Å². The van der Waals surface area contributed by atoms with Crippen molar-refractivity contribution in [2.45, 2.75) is 25.9 Å². The number of halogens is 2. The van der Waals surface area contributed by atoms with Crippen LogP contribution in [0.4, 0.5) is 4.39 Å². The second kappa shape index (κ2) is 8.29. The fraction of sp³-hybridized carbons (Fsp3) is 0.462. The molecular weight excluding hydrogens is 350 g/mol. The van der Waals surface area contributed by atoms with Crippen LogP contribution < -0.4 is 4.74 Å². The molecule has 1 unspecified atom stereocenters. The van der Waals surface area contributed by atoms with Gasteiger partial charge in [-0.25, -0.2) is 4.39 Å². The van der Waals surface area contributed by atoms with Gasteiger partial charge in [0, 0.05) is 6.92 Å². The summed E-state index contributed by atoms with van der Waals surface area (Å²) in [6.45, 7) is 1.68. The van der Waals surface area contributed by atoms with Crippen LogP contribution in [0.3, 0.4) is 0 Å². The molecule has 0 fully saturated rings. The Morgan fingerprint density at radius 2 is 2.06 bits per heavy atom. The average molecular weight is 366 g/mol. The molecule has 0 aromatic heterocycles. The molecule has 5 heteroatoms. The molecule has 0 N–H and O–H groups in total. The number of benzene rings is 1. The number of esters is 1. The average Bonchev–Trinajstić information content (AvgIpc) is 2.34. The minimum atomic E-state index is -0.309. The molecule has 100 valence electrons. The number of rotatable bonds is 7. The highest BCUT2D eigenvalue weighted by atomic mass is 127. The summed E-state index contributed by atoms with van der Waals surface area (Å²) in [7, 11) is 0. The molecule has 3 nitrogen and oxygen atoms in total. The molecule has 18 heavy (non-hydrogen) atoms. The van der Waals surface area contributed by atoms with Gasteiger partial charge in [0.25, 0.3) is 0 Å². The van der Waals surface area contributed by atoms with E-state index in [0.717, 1.165) is 17.3 Å². The van der Waals surface area contributed by atoms with Crippen LogP contribution in [0.25, 0.3) is 0 Å². The summed E-state index contributed by atoms with van der Waals surface area (Å²) in [6, 6.07) is 5.78. The first-order valence-corrected chi connectivity index (χ1v) is 7.26. The van der Waals surface area contributed by atoms with Gasteiger partial charge in [-0.3, -0.25) is 4.79 Å². The zero-order chi connectivity index (χ0) is 13.4. The monoisotopic (exact) mass is 366 g/mol. The number of carbonyl (C=O) groups excluding carboxylic acids is 1. The SMILES string of the molecule is CC(=O)OC(CCCI)COc1ccc(F)cc1. The maximum Gasteiger partial charge on any atom is 0.303 e. The number of hydrogen-bond donors (Lipinski definition) is 0. The molecule has 0 heterocycles. The van der Waals surface area contributed by atoms with Crippen molar-refractivity contribution in [3.05, 3.63) is 30.1 Å². The molecule has 0 saturated carbocycles. The summed E-state index contributed by atoms with van der Waals surface area (Å²) in [5.41, 5.74) is 0. The van der Waals surface area contributed by atoms with E-state index in [1.54, 1.807) is 12.1 Å². The zero-order valence-corrected chi connectivity index (χ0v) is 12.4. The highest BCUT2D eigenvalue weighted by molar-refractivity contribution is 14.1. The van der Waals surface area contributed by atoms with Gasteiger partial charge in [-0.05, 0) is 41.5 Å². The summed E-state index contributed by atoms with van der Waals surface area (Å²) >= 11 is 2.28. The molecule has 1 aromatic carbocycles. The summed E-state index contributed by atoms with van der Waals surface area (Å²) in [5.74, 6) is -0.0389. The molecule has 0 saturated heterocycles. The number of hydrogen-bond acceptors (Lipinski definition) is 3. The van der Waals surface area contributed by atoms with E-state index in [9.17, 15) is 9.18 Å². The van der Waals surface area contributed by atoms with Gasteiger partial charge in [0.15, 0.2) is 0 Å². The van der Waals surface area contributed by atoms with E-state index in [1.807, 2.05) is 0 Å². The van der Waals surface area contributed by atoms with E-state index in [2.05, 4.69) is 22.6 Å². The van der Waals surface area contributed by atoms with Crippen LogP contribution >= 0.6 is 22.6 Å². The molecule has 1 atom stereocenters. The smallest absolute Gasteiger partial charge is 0.303 e. The number of alkyl halides is 1. The van der Waals surface area contributed by atoms with E-state index >= 15 is 0 Å². The van der Waals surface area contributed by atoms with Crippen molar-refractivity contribution in [3.63, 3.8) is 0 Å². The highest BCUT2D eigenvalue weighted by Crippen LogP contribution is 2.13. The third-order valence-corrected chi connectivity index (χ3v) is 3.00. The van der Waals surface area contributed by atoms with E-state index in [0.29, 0.717) is 12.4 Å². The van der Waals surface area contributed by atoms with Crippen LogP contribution in [0.1, 0.15) is 19.8 Å². The Morgan fingerprint density at radius 1 is 1.39 bits per heavy atom. The summed E-state index contributed by atoms with van der Waals surface area (Å²) in [4.78, 5) is 10.9. The molecule has 0 aliphatic carbocycles. The second-order valence-corrected chi connectivity index (χ2v) is 4.91. The van der Waals surface area contributed by atoms with Crippen molar-refractivity contribution in [2.24, 2.45) is 0 Å². The lowest BCUT2D eigenvalue weighted by Gasteiger charge is -2.17. The van der Waals surface area contributed by atoms with Crippen molar-refractivity contribution in [1.29, 1.82) is 0 Å². The van der Waals surface area contributed by atoms with Crippen molar-refractivity contribution in [2.75, 3.05) is 11.0 Å². The Balaban J connectivity index is 2.44. The maximum absolute atomic E-state index is 12.7. The van der Waals surface area contributed by atoms with E-state index in [-0.39, 0.29) is 17.9 Å². The van der Waals surface area contributed by atoms with Gasteiger partial charge in [-0.2, -0.15) is 0 Å². The third-order valence-electron chi connectivity index (χ3n) is 2.24. The van der Waals surface area contributed by atoms with Crippen LogP contribution in [0.15, 0.2) is 24.3 Å². The van der Waals surface area contributed by atoms with Crippen LogP contribution in [-0.4, -0.2) is 23.1 Å². The number of ether oxygens (including phenoxy) is 2. The van der Waals surface area contributed by atoms with Gasteiger partial charge < -0.3 is 9.47 Å². The minimum absolute atomic E-state index is 0.248. The fourth-order valence-corrected chi connectivity index (χ4v) is 1.88. The van der Waals surface area contributed by atoms with E-state index in [1.165, 1.54) is 19.1 Å². The van der Waals surface area contributed by atoms with Gasteiger partial charge in [-0.15, -0.1) is 0 Å². The summed E-state index contributed by atoms with van der Waals surface area (Å²) < 4.78 is 24.3. The summed E-state index contributed by atoms with van der Waals surface area (Å²) in [5, 5.41) is 0. The molecule has 0 radical (unpaired) electrons.